The quantitative estimate of drug-likeness (QED) is 0.513. The molecule has 0 aliphatic carbocycles. The molecule has 0 spiro atoms. The number of aromatic nitrogens is 1. The number of carbonyl (C=O) groups is 3. The molecule has 174 valence electrons. The van der Waals surface area contributed by atoms with Crippen LogP contribution in [0, 0.1) is 6.92 Å². The van der Waals surface area contributed by atoms with Gasteiger partial charge >= 0.3 is 5.97 Å². The van der Waals surface area contributed by atoms with Crippen LogP contribution in [0.15, 0.2) is 60.8 Å². The molecule has 4 rings (SSSR count). The van der Waals surface area contributed by atoms with Crippen LogP contribution in [0.25, 0.3) is 0 Å². The molecule has 0 saturated heterocycles. The minimum atomic E-state index is -0.441. The molecule has 2 amide bonds. The van der Waals surface area contributed by atoms with Crippen LogP contribution >= 0.6 is 0 Å². The van der Waals surface area contributed by atoms with Crippen LogP contribution in [0.5, 0.6) is 11.6 Å². The van der Waals surface area contributed by atoms with Crippen LogP contribution < -0.4 is 15.0 Å². The Kier molecular flexibility index (Phi) is 6.87. The van der Waals surface area contributed by atoms with Gasteiger partial charge in [0, 0.05) is 24.8 Å². The second-order valence-corrected chi connectivity index (χ2v) is 7.84. The molecule has 2 aromatic carbocycles. The van der Waals surface area contributed by atoms with Gasteiger partial charge in [0.1, 0.15) is 5.56 Å². The number of benzene rings is 2. The summed E-state index contributed by atoms with van der Waals surface area (Å²) in [4.78, 5) is 43.6. The highest BCUT2D eigenvalue weighted by Gasteiger charge is 2.28. The van der Waals surface area contributed by atoms with E-state index in [-0.39, 0.29) is 30.7 Å². The average Bonchev–Trinajstić information content (AvgIpc) is 2.94. The summed E-state index contributed by atoms with van der Waals surface area (Å²) < 4.78 is 10.9. The molecule has 1 N–H and O–H groups in total. The van der Waals surface area contributed by atoms with Gasteiger partial charge in [0.25, 0.3) is 5.91 Å². The Labute approximate surface area is 197 Å². The van der Waals surface area contributed by atoms with E-state index >= 15 is 0 Å². The number of hydrogen-bond acceptors (Lipinski definition) is 6. The van der Waals surface area contributed by atoms with E-state index in [1.165, 1.54) is 0 Å². The number of rotatable bonds is 7. The van der Waals surface area contributed by atoms with Crippen LogP contribution in [-0.4, -0.2) is 35.9 Å². The van der Waals surface area contributed by atoms with Gasteiger partial charge in [-0.2, -0.15) is 0 Å². The minimum Gasteiger partial charge on any atom is -0.462 e. The normalized spacial score (nSPS) is 12.2. The molecule has 8 heteroatoms. The Morgan fingerprint density at radius 2 is 1.97 bits per heavy atom. The Morgan fingerprint density at radius 1 is 1.12 bits per heavy atom. The first-order valence-electron chi connectivity index (χ1n) is 11.1. The summed E-state index contributed by atoms with van der Waals surface area (Å²) in [6.07, 6.45) is 2.20. The SMILES string of the molecule is CCOC(=O)c1cccc(NC(=O)CCCN2C(=O)c3cccnc3Oc3ccc(C)cc32)c1. The minimum absolute atomic E-state index is 0.190. The molecule has 8 nitrogen and oxygen atoms in total. The van der Waals surface area contributed by atoms with E-state index in [0.29, 0.717) is 41.2 Å². The first-order chi connectivity index (χ1) is 16.5. The molecule has 34 heavy (non-hydrogen) atoms. The van der Waals surface area contributed by atoms with Crippen LogP contribution in [0.2, 0.25) is 0 Å². The number of nitrogens with zero attached hydrogens (tertiary/aromatic N) is 2. The summed E-state index contributed by atoms with van der Waals surface area (Å²) in [5, 5.41) is 2.80. The maximum atomic E-state index is 13.3. The first-order valence-corrected chi connectivity index (χ1v) is 11.1. The molecule has 0 fully saturated rings. The highest BCUT2D eigenvalue weighted by Crippen LogP contribution is 2.38. The van der Waals surface area contributed by atoms with Gasteiger partial charge in [-0.1, -0.05) is 12.1 Å². The van der Waals surface area contributed by atoms with E-state index in [1.807, 2.05) is 25.1 Å². The van der Waals surface area contributed by atoms with Crippen molar-refractivity contribution in [3.05, 3.63) is 77.5 Å². The summed E-state index contributed by atoms with van der Waals surface area (Å²) in [5.41, 5.74) is 2.88. The maximum absolute atomic E-state index is 13.3. The second-order valence-electron chi connectivity index (χ2n) is 7.84. The Bertz CT molecular complexity index is 1240. The van der Waals surface area contributed by atoms with Gasteiger partial charge in [-0.25, -0.2) is 9.78 Å². The average molecular weight is 460 g/mol. The number of esters is 1. The van der Waals surface area contributed by atoms with Crippen molar-refractivity contribution in [1.82, 2.24) is 4.98 Å². The second kappa shape index (κ2) is 10.2. The lowest BCUT2D eigenvalue weighted by Crippen LogP contribution is -2.32. The lowest BCUT2D eigenvalue weighted by Gasteiger charge is -2.22. The number of hydrogen-bond donors (Lipinski definition) is 1. The maximum Gasteiger partial charge on any atom is 0.338 e. The van der Waals surface area contributed by atoms with Crippen molar-refractivity contribution >= 4 is 29.2 Å². The highest BCUT2D eigenvalue weighted by molar-refractivity contribution is 6.09. The van der Waals surface area contributed by atoms with E-state index in [0.717, 1.165) is 5.56 Å². The zero-order valence-electron chi connectivity index (χ0n) is 19.0. The van der Waals surface area contributed by atoms with E-state index < -0.39 is 5.97 Å². The number of amides is 2. The topological polar surface area (TPSA) is 97.8 Å². The molecule has 3 aromatic rings. The fourth-order valence-corrected chi connectivity index (χ4v) is 3.70. The summed E-state index contributed by atoms with van der Waals surface area (Å²) in [7, 11) is 0. The fraction of sp³-hybridized carbons (Fsp3) is 0.231. The molecule has 1 aromatic heterocycles. The van der Waals surface area contributed by atoms with Gasteiger partial charge in [-0.3, -0.25) is 9.59 Å². The number of ether oxygens (including phenoxy) is 2. The largest absolute Gasteiger partial charge is 0.462 e. The number of fused-ring (bicyclic) bond motifs is 2. The van der Waals surface area contributed by atoms with Crippen molar-refractivity contribution in [1.29, 1.82) is 0 Å². The van der Waals surface area contributed by atoms with Crippen LogP contribution in [0.1, 0.15) is 46.0 Å². The van der Waals surface area contributed by atoms with Crippen molar-refractivity contribution in [2.75, 3.05) is 23.4 Å². The van der Waals surface area contributed by atoms with Gasteiger partial charge < -0.3 is 19.7 Å². The Balaban J connectivity index is 1.44. The van der Waals surface area contributed by atoms with Gasteiger partial charge in [-0.05, 0) is 68.3 Å². The summed E-state index contributed by atoms with van der Waals surface area (Å²) in [5.74, 6) is -0.0822. The highest BCUT2D eigenvalue weighted by atomic mass is 16.5. The Morgan fingerprint density at radius 3 is 2.79 bits per heavy atom. The van der Waals surface area contributed by atoms with Crippen molar-refractivity contribution in [3.8, 4) is 11.6 Å². The lowest BCUT2D eigenvalue weighted by molar-refractivity contribution is -0.116. The zero-order valence-corrected chi connectivity index (χ0v) is 19.0. The molecule has 1 aliphatic rings. The first kappa shape index (κ1) is 23.0. The van der Waals surface area contributed by atoms with Crippen LogP contribution in [0.4, 0.5) is 11.4 Å². The molecule has 0 atom stereocenters. The van der Waals surface area contributed by atoms with E-state index in [1.54, 1.807) is 54.4 Å². The van der Waals surface area contributed by atoms with E-state index in [4.69, 9.17) is 9.47 Å². The molecule has 0 radical (unpaired) electrons. The number of nitrogens with one attached hydrogen (secondary N) is 1. The molecular formula is C26H25N3O5. The third-order valence-electron chi connectivity index (χ3n) is 5.30. The predicted molar refractivity (Wildman–Crippen MR) is 127 cm³/mol. The molecule has 0 unspecified atom stereocenters. The number of pyridine rings is 1. The van der Waals surface area contributed by atoms with E-state index in [2.05, 4.69) is 10.3 Å². The Hall–Kier alpha value is -4.20. The summed E-state index contributed by atoms with van der Waals surface area (Å²) in [6, 6.07) is 15.6. The van der Waals surface area contributed by atoms with Crippen molar-refractivity contribution in [3.63, 3.8) is 0 Å². The van der Waals surface area contributed by atoms with Crippen LogP contribution in [-0.2, 0) is 9.53 Å². The van der Waals surface area contributed by atoms with Gasteiger partial charge in [-0.15, -0.1) is 0 Å². The summed E-state index contributed by atoms with van der Waals surface area (Å²) in [6.45, 7) is 4.28. The molecule has 0 bridgehead atoms. The van der Waals surface area contributed by atoms with Crippen molar-refractivity contribution in [2.45, 2.75) is 26.7 Å². The molecule has 1 aliphatic heterocycles. The molecular weight excluding hydrogens is 434 g/mol. The standard InChI is InChI=1S/C26H25N3O5/c1-3-33-26(32)18-7-4-8-19(16-18)28-23(30)10-6-14-29-21-15-17(2)11-12-22(21)34-24-20(25(29)31)9-5-13-27-24/h4-5,7-9,11-13,15-16H,3,6,10,14H2,1-2H3,(H,28,30). The van der Waals surface area contributed by atoms with Crippen molar-refractivity contribution < 1.29 is 23.9 Å². The number of anilines is 2. The number of aryl methyl sites for hydroxylation is 1. The zero-order chi connectivity index (χ0) is 24.1. The fourth-order valence-electron chi connectivity index (χ4n) is 3.70. The van der Waals surface area contributed by atoms with Crippen LogP contribution in [0.3, 0.4) is 0 Å². The predicted octanol–water partition coefficient (Wildman–Crippen LogP) is 4.74. The van der Waals surface area contributed by atoms with Crippen molar-refractivity contribution in [2.24, 2.45) is 0 Å². The smallest absolute Gasteiger partial charge is 0.338 e. The van der Waals surface area contributed by atoms with Gasteiger partial charge in [0.2, 0.25) is 11.8 Å². The van der Waals surface area contributed by atoms with E-state index in [9.17, 15) is 14.4 Å². The molecule has 0 saturated carbocycles. The third kappa shape index (κ3) is 5.06. The van der Waals surface area contributed by atoms with Gasteiger partial charge in [0.05, 0.1) is 17.9 Å². The summed E-state index contributed by atoms with van der Waals surface area (Å²) >= 11 is 0. The molecule has 2 heterocycles. The third-order valence-corrected chi connectivity index (χ3v) is 5.30. The number of carbonyl (C=O) groups excluding carboxylic acids is 3. The monoisotopic (exact) mass is 459 g/mol. The van der Waals surface area contributed by atoms with Gasteiger partial charge in [0.15, 0.2) is 5.75 Å². The lowest BCUT2D eigenvalue weighted by atomic mass is 10.1.